The lowest BCUT2D eigenvalue weighted by Gasteiger charge is -2.09. The van der Waals surface area contributed by atoms with Crippen LogP contribution in [0.1, 0.15) is 0 Å². The summed E-state index contributed by atoms with van der Waals surface area (Å²) in [5.74, 6) is 1.82. The van der Waals surface area contributed by atoms with Crippen LogP contribution in [0.5, 0.6) is 0 Å². The van der Waals surface area contributed by atoms with E-state index in [4.69, 9.17) is 24.4 Å². The molecule has 0 N–H and O–H groups in total. The Kier molecular flexibility index (Phi) is 6.67. The van der Waals surface area contributed by atoms with Crippen LogP contribution in [-0.2, 0) is 0 Å². The average molecular weight is 655 g/mol. The van der Waals surface area contributed by atoms with Gasteiger partial charge in [-0.15, -0.1) is 0 Å². The second kappa shape index (κ2) is 11.8. The van der Waals surface area contributed by atoms with Crippen LogP contribution in [0.4, 0.5) is 0 Å². The first-order chi connectivity index (χ1) is 25.2. The van der Waals surface area contributed by atoms with Crippen molar-refractivity contribution < 1.29 is 4.42 Å². The topological polar surface area (TPSA) is 90.5 Å². The van der Waals surface area contributed by atoms with Crippen molar-refractivity contribution in [1.82, 2.24) is 29.9 Å². The van der Waals surface area contributed by atoms with Gasteiger partial charge in [-0.2, -0.15) is 0 Å². The Morgan fingerprint density at radius 2 is 0.941 bits per heavy atom. The maximum Gasteiger partial charge on any atom is 0.229 e. The molecule has 0 unspecified atom stereocenters. The van der Waals surface area contributed by atoms with E-state index in [9.17, 15) is 0 Å². The third-order valence-electron chi connectivity index (χ3n) is 9.26. The lowest BCUT2D eigenvalue weighted by molar-refractivity contribution is 0.652. The van der Waals surface area contributed by atoms with E-state index >= 15 is 0 Å². The number of nitrogens with zero attached hydrogens (tertiary/aromatic N) is 6. The fourth-order valence-corrected chi connectivity index (χ4v) is 6.66. The van der Waals surface area contributed by atoms with Crippen molar-refractivity contribution in [1.29, 1.82) is 0 Å². The minimum atomic E-state index is 0.519. The van der Waals surface area contributed by atoms with Crippen molar-refractivity contribution in [2.45, 2.75) is 0 Å². The molecular weight excluding hydrogens is 629 g/mol. The van der Waals surface area contributed by atoms with Crippen molar-refractivity contribution in [3.63, 3.8) is 0 Å². The van der Waals surface area contributed by atoms with E-state index in [0.29, 0.717) is 34.5 Å². The van der Waals surface area contributed by atoms with Gasteiger partial charge in [0.1, 0.15) is 17.5 Å². The Hall–Kier alpha value is -7.12. The number of hydrogen-bond donors (Lipinski definition) is 0. The smallest absolute Gasteiger partial charge is 0.229 e. The van der Waals surface area contributed by atoms with Crippen molar-refractivity contribution in [3.05, 3.63) is 158 Å². The van der Waals surface area contributed by atoms with E-state index in [2.05, 4.69) is 70.6 Å². The summed E-state index contributed by atoms with van der Waals surface area (Å²) in [6.45, 7) is 0. The third-order valence-corrected chi connectivity index (χ3v) is 9.26. The number of pyridine rings is 1. The Labute approximate surface area is 292 Å². The molecule has 51 heavy (non-hydrogen) atoms. The lowest BCUT2D eigenvalue weighted by atomic mass is 9.99. The van der Waals surface area contributed by atoms with E-state index < -0.39 is 0 Å². The minimum absolute atomic E-state index is 0.519. The Morgan fingerprint density at radius 1 is 0.392 bits per heavy atom. The molecule has 0 fully saturated rings. The normalized spacial score (nSPS) is 11.5. The molecule has 4 heterocycles. The van der Waals surface area contributed by atoms with Gasteiger partial charge >= 0.3 is 0 Å². The largest absolute Gasteiger partial charge is 0.434 e. The van der Waals surface area contributed by atoms with Crippen molar-refractivity contribution in [2.75, 3.05) is 0 Å². The molecule has 0 amide bonds. The highest BCUT2D eigenvalue weighted by atomic mass is 16.3. The molecule has 0 atom stereocenters. The van der Waals surface area contributed by atoms with Gasteiger partial charge in [0.25, 0.3) is 0 Å². The van der Waals surface area contributed by atoms with Gasteiger partial charge in [-0.25, -0.2) is 29.9 Å². The summed E-state index contributed by atoms with van der Waals surface area (Å²) < 4.78 is 6.32. The average Bonchev–Trinajstić information content (AvgIpc) is 3.59. The zero-order valence-electron chi connectivity index (χ0n) is 27.1. The van der Waals surface area contributed by atoms with Crippen LogP contribution in [0.2, 0.25) is 0 Å². The Balaban J connectivity index is 1.02. The van der Waals surface area contributed by atoms with E-state index in [0.717, 1.165) is 44.3 Å². The first kappa shape index (κ1) is 28.9. The summed E-state index contributed by atoms with van der Waals surface area (Å²) in [5.41, 5.74) is 8.18. The highest BCUT2D eigenvalue weighted by molar-refractivity contribution is 6.06. The Bertz CT molecular complexity index is 2850. The molecule has 0 saturated heterocycles. The van der Waals surface area contributed by atoms with Gasteiger partial charge in [0.05, 0.1) is 5.39 Å². The van der Waals surface area contributed by atoms with E-state index in [1.165, 1.54) is 21.5 Å². The molecule has 10 rings (SSSR count). The van der Waals surface area contributed by atoms with Gasteiger partial charge in [-0.05, 0) is 51.4 Å². The zero-order valence-corrected chi connectivity index (χ0v) is 27.1. The van der Waals surface area contributed by atoms with Crippen molar-refractivity contribution in [3.8, 4) is 56.5 Å². The zero-order chi connectivity index (χ0) is 33.7. The lowest BCUT2D eigenvalue weighted by Crippen LogP contribution is -2.00. The molecule has 10 aromatic rings. The molecule has 4 aromatic heterocycles. The second-order valence-corrected chi connectivity index (χ2v) is 12.5. The van der Waals surface area contributed by atoms with Gasteiger partial charge in [0, 0.05) is 34.0 Å². The van der Waals surface area contributed by atoms with Gasteiger partial charge in [0.2, 0.25) is 5.71 Å². The minimum Gasteiger partial charge on any atom is -0.434 e. The van der Waals surface area contributed by atoms with Crippen LogP contribution >= 0.6 is 0 Å². The molecule has 6 aromatic carbocycles. The van der Waals surface area contributed by atoms with Gasteiger partial charge in [0.15, 0.2) is 23.1 Å². The summed E-state index contributed by atoms with van der Waals surface area (Å²) in [4.78, 5) is 28.6. The molecule has 0 saturated carbocycles. The first-order valence-electron chi connectivity index (χ1n) is 16.7. The van der Waals surface area contributed by atoms with Crippen LogP contribution < -0.4 is 0 Å². The summed E-state index contributed by atoms with van der Waals surface area (Å²) in [6.07, 6.45) is 3.44. The highest BCUT2D eigenvalue weighted by Crippen LogP contribution is 2.36. The van der Waals surface area contributed by atoms with Gasteiger partial charge in [-0.1, -0.05) is 121 Å². The second-order valence-electron chi connectivity index (χ2n) is 12.5. The SMILES string of the molecule is c1ccc(-c2nc(-c3ccccc3)nc(-c3ccc(-c4ncnc5c4oc4ncc(-c6ccc7cc8ccccc8cc7c6)cc45)cc3)n2)cc1. The molecule has 0 radical (unpaired) electrons. The van der Waals surface area contributed by atoms with E-state index in [1.807, 2.05) is 91.1 Å². The number of fused-ring (bicyclic) bond motifs is 5. The van der Waals surface area contributed by atoms with Crippen molar-refractivity contribution >= 4 is 43.7 Å². The predicted octanol–water partition coefficient (Wildman–Crippen LogP) is 10.6. The molecule has 0 spiro atoms. The summed E-state index contributed by atoms with van der Waals surface area (Å²) in [7, 11) is 0. The van der Waals surface area contributed by atoms with Crippen LogP contribution in [0.25, 0.3) is 100 Å². The molecule has 0 aliphatic heterocycles. The van der Waals surface area contributed by atoms with Gasteiger partial charge < -0.3 is 4.42 Å². The number of rotatable bonds is 5. The van der Waals surface area contributed by atoms with E-state index in [-0.39, 0.29) is 0 Å². The predicted molar refractivity (Wildman–Crippen MR) is 203 cm³/mol. The van der Waals surface area contributed by atoms with Crippen LogP contribution in [0.3, 0.4) is 0 Å². The number of benzene rings is 6. The standard InChI is InChI=1S/C44H26N6O/c1-3-9-28(10-4-1)41-48-42(29-11-5-2-6-12-29)50-43(49-41)30-17-15-27(16-18-30)38-40-39(47-26-46-38)37-24-36(25-45-44(37)51-40)34-20-19-33-21-31-13-7-8-14-32(31)22-35(33)23-34/h1-26H. The number of hydrogen-bond acceptors (Lipinski definition) is 7. The molecule has 7 nitrogen and oxygen atoms in total. The third kappa shape index (κ3) is 5.16. The molecule has 0 aliphatic rings. The number of furan rings is 1. The van der Waals surface area contributed by atoms with Crippen LogP contribution in [0, 0.1) is 0 Å². The first-order valence-corrected chi connectivity index (χ1v) is 16.7. The maximum atomic E-state index is 6.32. The molecule has 7 heteroatoms. The summed E-state index contributed by atoms with van der Waals surface area (Å²) >= 11 is 0. The maximum absolute atomic E-state index is 6.32. The van der Waals surface area contributed by atoms with Crippen LogP contribution in [-0.4, -0.2) is 29.9 Å². The fourth-order valence-electron chi connectivity index (χ4n) is 6.66. The Morgan fingerprint density at radius 3 is 1.61 bits per heavy atom. The van der Waals surface area contributed by atoms with Crippen LogP contribution in [0.15, 0.2) is 163 Å². The molecule has 238 valence electrons. The molecule has 0 bridgehead atoms. The fraction of sp³-hybridized carbons (Fsp3) is 0. The summed E-state index contributed by atoms with van der Waals surface area (Å²) in [5, 5.41) is 5.67. The molecule has 0 aliphatic carbocycles. The summed E-state index contributed by atoms with van der Waals surface area (Å²) in [6, 6.07) is 49.5. The highest BCUT2D eigenvalue weighted by Gasteiger charge is 2.18. The monoisotopic (exact) mass is 654 g/mol. The quantitative estimate of drug-likeness (QED) is 0.171. The number of aromatic nitrogens is 6. The van der Waals surface area contributed by atoms with Crippen molar-refractivity contribution in [2.24, 2.45) is 0 Å². The molecular formula is C44H26N6O. The van der Waals surface area contributed by atoms with E-state index in [1.54, 1.807) is 6.33 Å². The van der Waals surface area contributed by atoms with Gasteiger partial charge in [-0.3, -0.25) is 0 Å².